The SMILES string of the molecule is CC1(C)CC(=O)C2=C(C1)NC1NNC(C(F)(F)F)C1[C@]2(C)c1ccccc1. The molecule has 1 aliphatic carbocycles. The lowest BCUT2D eigenvalue weighted by Gasteiger charge is -2.50. The first-order valence-corrected chi connectivity index (χ1v) is 9.21. The highest BCUT2D eigenvalue weighted by Gasteiger charge is 2.63. The van der Waals surface area contributed by atoms with Crippen LogP contribution in [0.15, 0.2) is 41.6 Å². The second-order valence-corrected chi connectivity index (χ2v) is 8.82. The van der Waals surface area contributed by atoms with Gasteiger partial charge in [-0.3, -0.25) is 4.79 Å². The molecule has 0 radical (unpaired) electrons. The fraction of sp³-hybridized carbons (Fsp3) is 0.550. The average molecular weight is 379 g/mol. The van der Waals surface area contributed by atoms with Crippen molar-refractivity contribution in [1.82, 2.24) is 16.2 Å². The van der Waals surface area contributed by atoms with Crippen LogP contribution >= 0.6 is 0 Å². The first-order chi connectivity index (χ1) is 12.5. The predicted molar refractivity (Wildman–Crippen MR) is 95.4 cm³/mol. The molecule has 2 heterocycles. The number of hydrogen-bond donors (Lipinski definition) is 3. The van der Waals surface area contributed by atoms with Gasteiger partial charge < -0.3 is 5.32 Å². The van der Waals surface area contributed by atoms with Crippen molar-refractivity contribution in [3.63, 3.8) is 0 Å². The van der Waals surface area contributed by atoms with Crippen molar-refractivity contribution in [2.24, 2.45) is 11.3 Å². The van der Waals surface area contributed by atoms with Crippen LogP contribution in [0.3, 0.4) is 0 Å². The van der Waals surface area contributed by atoms with E-state index >= 15 is 0 Å². The van der Waals surface area contributed by atoms with Gasteiger partial charge in [-0.15, -0.1) is 0 Å². The lowest BCUT2D eigenvalue weighted by atomic mass is 9.57. The summed E-state index contributed by atoms with van der Waals surface area (Å²) in [6.45, 7) is 5.82. The quantitative estimate of drug-likeness (QED) is 0.702. The van der Waals surface area contributed by atoms with Crippen LogP contribution in [0.4, 0.5) is 13.2 Å². The third-order valence-electron chi connectivity index (χ3n) is 6.23. The molecule has 1 aromatic carbocycles. The van der Waals surface area contributed by atoms with E-state index in [1.54, 1.807) is 6.92 Å². The van der Waals surface area contributed by atoms with Crippen LogP contribution in [0, 0.1) is 11.3 Å². The van der Waals surface area contributed by atoms with Gasteiger partial charge in [-0.05, 0) is 17.4 Å². The van der Waals surface area contributed by atoms with Crippen molar-refractivity contribution in [1.29, 1.82) is 0 Å². The normalized spacial score (nSPS) is 35.5. The number of halogens is 3. The molecule has 0 saturated carbocycles. The molecule has 7 heteroatoms. The van der Waals surface area contributed by atoms with Crippen LogP contribution < -0.4 is 16.2 Å². The molecule has 4 nitrogen and oxygen atoms in total. The molecule has 0 bridgehead atoms. The lowest BCUT2D eigenvalue weighted by molar-refractivity contribution is -0.167. The second kappa shape index (κ2) is 5.82. The molecule has 0 amide bonds. The first-order valence-electron chi connectivity index (χ1n) is 9.21. The zero-order valence-electron chi connectivity index (χ0n) is 15.6. The molecule has 0 aromatic heterocycles. The zero-order chi connectivity index (χ0) is 19.6. The van der Waals surface area contributed by atoms with Crippen molar-refractivity contribution < 1.29 is 18.0 Å². The lowest BCUT2D eigenvalue weighted by Crippen LogP contribution is -2.60. The number of ketones is 1. The van der Waals surface area contributed by atoms with Crippen molar-refractivity contribution in [2.45, 2.75) is 57.4 Å². The molecule has 2 aliphatic heterocycles. The number of carbonyl (C=O) groups is 1. The van der Waals surface area contributed by atoms with Crippen LogP contribution in [0.5, 0.6) is 0 Å². The number of carbonyl (C=O) groups excluding carboxylic acids is 1. The molecular formula is C20H24F3N3O. The number of fused-ring (bicyclic) bond motifs is 1. The molecular weight excluding hydrogens is 355 g/mol. The summed E-state index contributed by atoms with van der Waals surface area (Å²) in [5, 5.41) is 3.22. The van der Waals surface area contributed by atoms with E-state index in [0.29, 0.717) is 18.4 Å². The number of Topliss-reactive ketones (excluding diaryl/α,β-unsaturated/α-hetero) is 1. The van der Waals surface area contributed by atoms with E-state index in [9.17, 15) is 18.0 Å². The fourth-order valence-corrected chi connectivity index (χ4v) is 5.15. The number of hydrogen-bond acceptors (Lipinski definition) is 4. The number of rotatable bonds is 1. The Kier molecular flexibility index (Phi) is 3.99. The minimum Gasteiger partial charge on any atom is -0.371 e. The smallest absolute Gasteiger partial charge is 0.371 e. The Morgan fingerprint density at radius 2 is 1.70 bits per heavy atom. The van der Waals surface area contributed by atoms with E-state index in [4.69, 9.17) is 0 Å². The predicted octanol–water partition coefficient (Wildman–Crippen LogP) is 3.17. The Hall–Kier alpha value is -1.86. The molecule has 3 N–H and O–H groups in total. The van der Waals surface area contributed by atoms with Crippen molar-refractivity contribution in [3.8, 4) is 0 Å². The molecule has 3 unspecified atom stereocenters. The van der Waals surface area contributed by atoms with E-state index in [0.717, 1.165) is 11.3 Å². The molecule has 4 rings (SSSR count). The van der Waals surface area contributed by atoms with Gasteiger partial charge in [0.05, 0.1) is 6.17 Å². The number of nitrogens with one attached hydrogen (secondary N) is 3. The monoisotopic (exact) mass is 379 g/mol. The summed E-state index contributed by atoms with van der Waals surface area (Å²) in [5.41, 5.74) is 5.97. The fourth-order valence-electron chi connectivity index (χ4n) is 5.15. The van der Waals surface area contributed by atoms with Gasteiger partial charge >= 0.3 is 6.18 Å². The number of allylic oxidation sites excluding steroid dienone is 2. The number of hydrazine groups is 1. The Balaban J connectivity index is 1.94. The van der Waals surface area contributed by atoms with Gasteiger partial charge in [0, 0.05) is 29.0 Å². The third-order valence-corrected chi connectivity index (χ3v) is 6.23. The van der Waals surface area contributed by atoms with Gasteiger partial charge in [0.2, 0.25) is 0 Å². The molecule has 4 atom stereocenters. The van der Waals surface area contributed by atoms with Gasteiger partial charge in [-0.2, -0.15) is 13.2 Å². The van der Waals surface area contributed by atoms with Gasteiger partial charge in [0.15, 0.2) is 5.78 Å². The Labute approximate surface area is 156 Å². The van der Waals surface area contributed by atoms with E-state index in [2.05, 4.69) is 16.2 Å². The van der Waals surface area contributed by atoms with Crippen LogP contribution in [-0.2, 0) is 10.2 Å². The maximum Gasteiger partial charge on any atom is 0.405 e. The molecule has 3 aliphatic rings. The van der Waals surface area contributed by atoms with Crippen LogP contribution in [0.2, 0.25) is 0 Å². The molecule has 1 fully saturated rings. The van der Waals surface area contributed by atoms with E-state index in [1.165, 1.54) is 0 Å². The molecule has 146 valence electrons. The van der Waals surface area contributed by atoms with Gasteiger partial charge in [0.1, 0.15) is 6.04 Å². The summed E-state index contributed by atoms with van der Waals surface area (Å²) in [4.78, 5) is 13.2. The third kappa shape index (κ3) is 2.79. The zero-order valence-corrected chi connectivity index (χ0v) is 15.6. The summed E-state index contributed by atoms with van der Waals surface area (Å²) in [6, 6.07) is 7.36. The summed E-state index contributed by atoms with van der Waals surface area (Å²) in [5.74, 6) is -0.949. The van der Waals surface area contributed by atoms with Gasteiger partial charge in [0.25, 0.3) is 0 Å². The number of alkyl halides is 3. The summed E-state index contributed by atoms with van der Waals surface area (Å²) < 4.78 is 41.4. The topological polar surface area (TPSA) is 53.2 Å². The minimum atomic E-state index is -4.43. The first kappa shape index (κ1) is 18.5. The second-order valence-electron chi connectivity index (χ2n) is 8.82. The van der Waals surface area contributed by atoms with Crippen molar-refractivity contribution in [3.05, 3.63) is 47.2 Å². The summed E-state index contributed by atoms with van der Waals surface area (Å²) in [7, 11) is 0. The van der Waals surface area contributed by atoms with Crippen LogP contribution in [0.25, 0.3) is 0 Å². The molecule has 1 aromatic rings. The van der Waals surface area contributed by atoms with Gasteiger partial charge in [-0.25, -0.2) is 10.9 Å². The summed E-state index contributed by atoms with van der Waals surface area (Å²) >= 11 is 0. The van der Waals surface area contributed by atoms with E-state index in [-0.39, 0.29) is 11.2 Å². The highest BCUT2D eigenvalue weighted by Crippen LogP contribution is 2.53. The Morgan fingerprint density at radius 1 is 1.04 bits per heavy atom. The minimum absolute atomic E-state index is 0.0635. The maximum absolute atomic E-state index is 13.8. The standard InChI is InChI=1S/C20H24F3N3O/c1-18(2)9-12-14(13(27)10-18)19(3,11-7-5-4-6-8-11)15-16(20(21,22)23)25-26-17(15)24-12/h4-8,15-17,24-26H,9-10H2,1-3H3/t15?,16?,17?,19-/m1/s1. The van der Waals surface area contributed by atoms with Crippen molar-refractivity contribution >= 4 is 5.78 Å². The number of benzene rings is 1. The van der Waals surface area contributed by atoms with Crippen LogP contribution in [-0.4, -0.2) is 24.2 Å². The van der Waals surface area contributed by atoms with E-state index < -0.39 is 29.7 Å². The summed E-state index contributed by atoms with van der Waals surface area (Å²) in [6.07, 6.45) is -4.07. The van der Waals surface area contributed by atoms with Crippen LogP contribution in [0.1, 0.15) is 39.2 Å². The van der Waals surface area contributed by atoms with Gasteiger partial charge in [-0.1, -0.05) is 51.1 Å². The largest absolute Gasteiger partial charge is 0.405 e. The van der Waals surface area contributed by atoms with E-state index in [1.807, 2.05) is 44.2 Å². The molecule has 0 spiro atoms. The molecule has 1 saturated heterocycles. The Bertz CT molecular complexity index is 802. The average Bonchev–Trinajstić information content (AvgIpc) is 2.98. The molecule has 27 heavy (non-hydrogen) atoms. The Morgan fingerprint density at radius 3 is 2.33 bits per heavy atom. The highest BCUT2D eigenvalue weighted by atomic mass is 19.4. The maximum atomic E-state index is 13.8. The van der Waals surface area contributed by atoms with Crippen molar-refractivity contribution in [2.75, 3.05) is 0 Å². The highest BCUT2D eigenvalue weighted by molar-refractivity contribution is 6.00.